The van der Waals surface area contributed by atoms with Gasteiger partial charge in [0, 0.05) is 13.1 Å². The molecule has 0 radical (unpaired) electrons. The fraction of sp³-hybridized carbons (Fsp3) is 0.733. The van der Waals surface area contributed by atoms with Crippen LogP contribution in [0.25, 0.3) is 0 Å². The van der Waals surface area contributed by atoms with Crippen molar-refractivity contribution in [3.05, 3.63) is 0 Å². The first-order valence-electron chi connectivity index (χ1n) is 8.91. The van der Waals surface area contributed by atoms with Gasteiger partial charge in [0.25, 0.3) is 5.91 Å². The number of hydrazine groups is 1. The van der Waals surface area contributed by atoms with E-state index in [1.165, 1.54) is 0 Å². The summed E-state index contributed by atoms with van der Waals surface area (Å²) in [5.41, 5.74) is 4.60. The number of alkyl halides is 2. The van der Waals surface area contributed by atoms with Gasteiger partial charge in [-0.25, -0.2) is 9.59 Å². The number of carboxylic acid groups (broad SMARTS) is 1. The fourth-order valence-corrected chi connectivity index (χ4v) is 3.57. The lowest BCUT2D eigenvalue weighted by Gasteiger charge is -2.29. The number of hydrogen-bond acceptors (Lipinski definition) is 6. The Hall–Kier alpha value is -2.54. The molecule has 0 aromatic heterocycles. The third-order valence-corrected chi connectivity index (χ3v) is 5.06. The van der Waals surface area contributed by atoms with Crippen LogP contribution in [-0.2, 0) is 19.2 Å². The molecule has 3 atom stereocenters. The molecule has 3 unspecified atom stereocenters. The Labute approximate surface area is 158 Å². The Balaban J connectivity index is 1.56. The van der Waals surface area contributed by atoms with Crippen LogP contribution < -0.4 is 16.2 Å². The first-order chi connectivity index (χ1) is 13.2. The van der Waals surface area contributed by atoms with Crippen LogP contribution in [0.15, 0.2) is 0 Å². The van der Waals surface area contributed by atoms with Crippen LogP contribution in [0.3, 0.4) is 0 Å². The highest BCUT2D eigenvalue weighted by atomic mass is 19.3. The molecule has 0 aliphatic carbocycles. The molecule has 0 saturated carbocycles. The molecule has 156 valence electrons. The van der Waals surface area contributed by atoms with E-state index in [2.05, 4.69) is 21.0 Å². The fourth-order valence-electron chi connectivity index (χ4n) is 3.57. The van der Waals surface area contributed by atoms with Gasteiger partial charge < -0.3 is 15.3 Å². The summed E-state index contributed by atoms with van der Waals surface area (Å²) in [5, 5.41) is 11.9. The van der Waals surface area contributed by atoms with Crippen LogP contribution >= 0.6 is 0 Å². The molecule has 0 spiro atoms. The molecule has 11 nitrogen and oxygen atoms in total. The van der Waals surface area contributed by atoms with Crippen molar-refractivity contribution in [1.29, 1.82) is 0 Å². The number of aliphatic carboxylic acids is 1. The molecule has 2 bridgehead atoms. The number of piperidine rings is 2. The Bertz CT molecular complexity index is 671. The monoisotopic (exact) mass is 405 g/mol. The van der Waals surface area contributed by atoms with Crippen molar-refractivity contribution in [2.45, 2.75) is 43.9 Å². The number of hydrogen-bond donors (Lipinski definition) is 4. The van der Waals surface area contributed by atoms with E-state index < -0.39 is 36.1 Å². The number of nitrogens with zero attached hydrogens (tertiary/aromatic N) is 2. The second kappa shape index (κ2) is 7.83. The number of halogens is 2. The number of amides is 4. The van der Waals surface area contributed by atoms with Gasteiger partial charge in [-0.15, -0.1) is 0 Å². The number of carbonyl (C=O) groups is 4. The summed E-state index contributed by atoms with van der Waals surface area (Å²) in [5.74, 6) is -3.81. The topological polar surface area (TPSA) is 140 Å². The van der Waals surface area contributed by atoms with E-state index in [9.17, 15) is 28.0 Å². The average molecular weight is 405 g/mol. The standard InChI is InChI=1S/C15H21F2N5O6/c16-15(17,13(25)26)28-22-9-3-4-10(21(7-9)14(22)27)12(24)20-19-11(23)8-2-1-5-18-6-8/h8-10,18H,1-7H2,(H,19,23)(H,20,24)(H,25,26). The summed E-state index contributed by atoms with van der Waals surface area (Å²) < 4.78 is 26.6. The predicted octanol–water partition coefficient (Wildman–Crippen LogP) is -0.989. The maximum atomic E-state index is 13.3. The molecular weight excluding hydrogens is 384 g/mol. The van der Waals surface area contributed by atoms with Crippen LogP contribution in [0.4, 0.5) is 13.6 Å². The Morgan fingerprint density at radius 2 is 1.89 bits per heavy atom. The molecule has 4 N–H and O–H groups in total. The second-order valence-electron chi connectivity index (χ2n) is 6.94. The smallest absolute Gasteiger partial charge is 0.475 e. The Morgan fingerprint density at radius 3 is 2.54 bits per heavy atom. The van der Waals surface area contributed by atoms with Gasteiger partial charge in [0.05, 0.1) is 12.0 Å². The summed E-state index contributed by atoms with van der Waals surface area (Å²) in [7, 11) is 0. The Morgan fingerprint density at radius 1 is 1.18 bits per heavy atom. The number of carboxylic acids is 1. The maximum absolute atomic E-state index is 13.3. The molecule has 0 aromatic carbocycles. The number of carbonyl (C=O) groups excluding carboxylic acids is 3. The number of hydroxylamine groups is 2. The zero-order valence-corrected chi connectivity index (χ0v) is 14.8. The number of urea groups is 1. The highest BCUT2D eigenvalue weighted by Gasteiger charge is 2.53. The number of rotatable bonds is 5. The first-order valence-corrected chi connectivity index (χ1v) is 8.91. The van der Waals surface area contributed by atoms with E-state index in [0.717, 1.165) is 17.9 Å². The third-order valence-electron chi connectivity index (χ3n) is 5.06. The molecule has 3 fully saturated rings. The largest absolute Gasteiger partial charge is 0.476 e. The zero-order valence-electron chi connectivity index (χ0n) is 14.8. The van der Waals surface area contributed by atoms with Gasteiger partial charge in [-0.1, -0.05) is 0 Å². The van der Waals surface area contributed by atoms with Gasteiger partial charge in [-0.05, 0) is 32.2 Å². The molecular formula is C15H21F2N5O6. The van der Waals surface area contributed by atoms with Crippen molar-refractivity contribution in [3.63, 3.8) is 0 Å². The number of fused-ring (bicyclic) bond motifs is 2. The molecule has 3 rings (SSSR count). The summed E-state index contributed by atoms with van der Waals surface area (Å²) in [6.45, 7) is 1.27. The minimum Gasteiger partial charge on any atom is -0.475 e. The lowest BCUT2D eigenvalue weighted by molar-refractivity contribution is -0.327. The van der Waals surface area contributed by atoms with Crippen molar-refractivity contribution in [2.75, 3.05) is 19.6 Å². The quantitative estimate of drug-likeness (QED) is 0.431. The highest BCUT2D eigenvalue weighted by molar-refractivity contribution is 5.90. The van der Waals surface area contributed by atoms with E-state index in [1.54, 1.807) is 0 Å². The van der Waals surface area contributed by atoms with Crippen molar-refractivity contribution in [2.24, 2.45) is 5.92 Å². The van der Waals surface area contributed by atoms with Crippen molar-refractivity contribution in [1.82, 2.24) is 26.1 Å². The SMILES string of the molecule is O=C(NNC(=O)C1CCC2CN1C(=O)N2OC(F)(F)C(=O)O)C1CCCNC1. The molecule has 0 aromatic rings. The third kappa shape index (κ3) is 3.99. The van der Waals surface area contributed by atoms with E-state index in [1.807, 2.05) is 0 Å². The molecule has 4 amide bonds. The normalized spacial score (nSPS) is 27.5. The van der Waals surface area contributed by atoms with Gasteiger partial charge in [0.2, 0.25) is 5.91 Å². The minimum absolute atomic E-state index is 0.0624. The van der Waals surface area contributed by atoms with Crippen LogP contribution in [0.1, 0.15) is 25.7 Å². The molecule has 3 aliphatic heterocycles. The van der Waals surface area contributed by atoms with Gasteiger partial charge in [-0.2, -0.15) is 18.7 Å². The van der Waals surface area contributed by atoms with Crippen LogP contribution in [0.5, 0.6) is 0 Å². The van der Waals surface area contributed by atoms with E-state index in [-0.39, 0.29) is 31.2 Å². The summed E-state index contributed by atoms with van der Waals surface area (Å²) in [4.78, 5) is 52.4. The van der Waals surface area contributed by atoms with Crippen molar-refractivity contribution >= 4 is 23.8 Å². The molecule has 3 saturated heterocycles. The first kappa shape index (κ1) is 20.2. The van der Waals surface area contributed by atoms with E-state index in [0.29, 0.717) is 18.0 Å². The van der Waals surface area contributed by atoms with Crippen molar-refractivity contribution in [3.8, 4) is 0 Å². The lowest BCUT2D eigenvalue weighted by Crippen LogP contribution is -2.55. The molecule has 13 heteroatoms. The van der Waals surface area contributed by atoms with E-state index >= 15 is 0 Å². The van der Waals surface area contributed by atoms with Gasteiger partial charge in [0.15, 0.2) is 0 Å². The summed E-state index contributed by atoms with van der Waals surface area (Å²) in [6, 6.07) is -2.79. The van der Waals surface area contributed by atoms with E-state index in [4.69, 9.17) is 5.11 Å². The second-order valence-corrected chi connectivity index (χ2v) is 6.94. The Kier molecular flexibility index (Phi) is 5.65. The van der Waals surface area contributed by atoms with Gasteiger partial charge in [0.1, 0.15) is 6.04 Å². The summed E-state index contributed by atoms with van der Waals surface area (Å²) in [6.07, 6.45) is -2.71. The molecule has 3 aliphatic rings. The van der Waals surface area contributed by atoms with Crippen LogP contribution in [0, 0.1) is 5.92 Å². The van der Waals surface area contributed by atoms with Crippen LogP contribution in [0.2, 0.25) is 0 Å². The molecule has 28 heavy (non-hydrogen) atoms. The predicted molar refractivity (Wildman–Crippen MR) is 86.3 cm³/mol. The lowest BCUT2D eigenvalue weighted by atomic mass is 9.99. The zero-order chi connectivity index (χ0) is 20.5. The van der Waals surface area contributed by atoms with Crippen molar-refractivity contribution < 1.29 is 37.9 Å². The highest BCUT2D eigenvalue weighted by Crippen LogP contribution is 2.33. The summed E-state index contributed by atoms with van der Waals surface area (Å²) >= 11 is 0. The van der Waals surface area contributed by atoms with Crippen LogP contribution in [-0.4, -0.2) is 76.7 Å². The maximum Gasteiger partial charge on any atom is 0.476 e. The average Bonchev–Trinajstić information content (AvgIpc) is 2.91. The minimum atomic E-state index is -4.56. The van der Waals surface area contributed by atoms with Gasteiger partial charge in [-0.3, -0.25) is 20.4 Å². The van der Waals surface area contributed by atoms with Gasteiger partial charge >= 0.3 is 18.1 Å². The number of nitrogens with one attached hydrogen (secondary N) is 3. The molecule has 3 heterocycles.